The largest absolute Gasteiger partial charge is 0.491 e. The smallest absolute Gasteiger partial charge is 0.297 e. The summed E-state index contributed by atoms with van der Waals surface area (Å²) in [5.41, 5.74) is 0.979. The lowest BCUT2D eigenvalue weighted by Gasteiger charge is -2.08. The van der Waals surface area contributed by atoms with Crippen LogP contribution in [0, 0.1) is 6.92 Å². The minimum atomic E-state index is -3.76. The quantitative estimate of drug-likeness (QED) is 0.311. The van der Waals surface area contributed by atoms with Gasteiger partial charge in [0.1, 0.15) is 19.0 Å². The molecule has 22 heavy (non-hydrogen) atoms. The first-order chi connectivity index (χ1) is 10.3. The molecule has 0 heterocycles. The molecule has 1 aromatic carbocycles. The van der Waals surface area contributed by atoms with Gasteiger partial charge in [-0.25, -0.2) is 0 Å². The van der Waals surface area contributed by atoms with E-state index in [-0.39, 0.29) is 18.1 Å². The van der Waals surface area contributed by atoms with E-state index in [1.165, 1.54) is 12.1 Å². The average molecular weight is 343 g/mol. The number of ether oxygens (including phenoxy) is 1. The first-order valence-electron chi connectivity index (χ1n) is 6.63. The van der Waals surface area contributed by atoms with Crippen molar-refractivity contribution in [3.05, 3.63) is 65.4 Å². The van der Waals surface area contributed by atoms with E-state index in [0.717, 1.165) is 5.56 Å². The van der Waals surface area contributed by atoms with Crippen molar-refractivity contribution in [1.82, 2.24) is 0 Å². The molecule has 1 aromatic rings. The van der Waals surface area contributed by atoms with Gasteiger partial charge in [-0.2, -0.15) is 8.42 Å². The van der Waals surface area contributed by atoms with Crippen molar-refractivity contribution in [3.8, 4) is 0 Å². The van der Waals surface area contributed by atoms with E-state index in [2.05, 4.69) is 6.58 Å². The van der Waals surface area contributed by atoms with Gasteiger partial charge in [0.15, 0.2) is 0 Å². The van der Waals surface area contributed by atoms with Crippen LogP contribution in [0.15, 0.2) is 64.8 Å². The van der Waals surface area contributed by atoms with Crippen LogP contribution in [0.25, 0.3) is 0 Å². The van der Waals surface area contributed by atoms with Gasteiger partial charge >= 0.3 is 0 Å². The molecular formula is C16H19ClO4S. The Morgan fingerprint density at radius 2 is 1.86 bits per heavy atom. The molecule has 0 saturated carbocycles. The molecule has 0 spiro atoms. The highest BCUT2D eigenvalue weighted by Crippen LogP contribution is 2.13. The normalized spacial score (nSPS) is 12.6. The molecule has 0 aliphatic carbocycles. The fourth-order valence-corrected chi connectivity index (χ4v) is 2.43. The molecule has 0 aromatic heterocycles. The number of hydrogen-bond acceptors (Lipinski definition) is 4. The summed E-state index contributed by atoms with van der Waals surface area (Å²) in [7, 11) is -3.76. The molecule has 0 unspecified atom stereocenters. The Bertz CT molecular complexity index is 658. The highest BCUT2D eigenvalue weighted by Gasteiger charge is 2.14. The fraction of sp³-hybridized carbons (Fsp3) is 0.250. The second kappa shape index (κ2) is 8.78. The standard InChI is InChI=1S/C16H19ClO4S/c1-4-15(8-7-14(3)17)20-11-12-21-22(18,19)16-9-5-13(2)6-10-16/h4-10H,3,11-12H2,1-2H3/b8-7-,15-4+. The van der Waals surface area contributed by atoms with Gasteiger partial charge in [0.25, 0.3) is 10.1 Å². The minimum absolute atomic E-state index is 0.0801. The van der Waals surface area contributed by atoms with Crippen molar-refractivity contribution < 1.29 is 17.3 Å². The van der Waals surface area contributed by atoms with Crippen molar-refractivity contribution in [2.45, 2.75) is 18.7 Å². The lowest BCUT2D eigenvalue weighted by molar-refractivity contribution is 0.166. The predicted molar refractivity (Wildman–Crippen MR) is 88.2 cm³/mol. The lowest BCUT2D eigenvalue weighted by Crippen LogP contribution is -2.11. The SMILES string of the molecule is C=C(Cl)/C=C\C(=C/C)OCCOS(=O)(=O)c1ccc(C)cc1. The summed E-state index contributed by atoms with van der Waals surface area (Å²) in [4.78, 5) is 0.127. The van der Waals surface area contributed by atoms with Crippen molar-refractivity contribution >= 4 is 21.7 Å². The highest BCUT2D eigenvalue weighted by atomic mass is 35.5. The van der Waals surface area contributed by atoms with Gasteiger partial charge in [-0.3, -0.25) is 4.18 Å². The van der Waals surface area contributed by atoms with E-state index in [9.17, 15) is 8.42 Å². The molecule has 4 nitrogen and oxygen atoms in total. The molecule has 0 fully saturated rings. The molecule has 0 aliphatic rings. The number of hydrogen-bond donors (Lipinski definition) is 0. The van der Waals surface area contributed by atoms with E-state index >= 15 is 0 Å². The molecule has 0 aliphatic heterocycles. The van der Waals surface area contributed by atoms with Gasteiger partial charge in [0.05, 0.1) is 4.90 Å². The average Bonchev–Trinajstić information content (AvgIpc) is 2.46. The highest BCUT2D eigenvalue weighted by molar-refractivity contribution is 7.86. The first kappa shape index (κ1) is 18.5. The van der Waals surface area contributed by atoms with Crippen LogP contribution in [-0.2, 0) is 19.0 Å². The predicted octanol–water partition coefficient (Wildman–Crippen LogP) is 3.93. The lowest BCUT2D eigenvalue weighted by atomic mass is 10.2. The monoisotopic (exact) mass is 342 g/mol. The molecular weight excluding hydrogens is 324 g/mol. The Kier molecular flexibility index (Phi) is 7.38. The van der Waals surface area contributed by atoms with E-state index in [1.807, 2.05) is 6.92 Å². The maximum absolute atomic E-state index is 11.9. The Hall–Kier alpha value is -1.56. The summed E-state index contributed by atoms with van der Waals surface area (Å²) in [6.07, 6.45) is 4.95. The zero-order chi connectivity index (χ0) is 16.6. The minimum Gasteiger partial charge on any atom is -0.491 e. The van der Waals surface area contributed by atoms with Gasteiger partial charge in [-0.05, 0) is 44.2 Å². The van der Waals surface area contributed by atoms with Crippen LogP contribution in [0.4, 0.5) is 0 Å². The Labute approximate surface area is 136 Å². The third kappa shape index (κ3) is 6.47. The number of halogens is 1. The maximum atomic E-state index is 11.9. The number of allylic oxidation sites excluding steroid dienone is 4. The van der Waals surface area contributed by atoms with E-state index < -0.39 is 10.1 Å². The molecule has 0 radical (unpaired) electrons. The summed E-state index contributed by atoms with van der Waals surface area (Å²) >= 11 is 5.61. The van der Waals surface area contributed by atoms with E-state index in [1.54, 1.807) is 37.3 Å². The molecule has 6 heteroatoms. The van der Waals surface area contributed by atoms with Crippen LogP contribution in [0.1, 0.15) is 12.5 Å². The van der Waals surface area contributed by atoms with Gasteiger partial charge in [-0.1, -0.05) is 35.9 Å². The van der Waals surface area contributed by atoms with Crippen molar-refractivity contribution in [2.24, 2.45) is 0 Å². The van der Waals surface area contributed by atoms with E-state index in [0.29, 0.717) is 10.8 Å². The molecule has 0 atom stereocenters. The van der Waals surface area contributed by atoms with Crippen LogP contribution in [0.2, 0.25) is 0 Å². The van der Waals surface area contributed by atoms with Crippen LogP contribution >= 0.6 is 11.6 Å². The van der Waals surface area contributed by atoms with Gasteiger partial charge < -0.3 is 4.74 Å². The van der Waals surface area contributed by atoms with Gasteiger partial charge in [0, 0.05) is 5.03 Å². The van der Waals surface area contributed by atoms with Gasteiger partial charge in [0.2, 0.25) is 0 Å². The topological polar surface area (TPSA) is 52.6 Å². The molecule has 0 bridgehead atoms. The summed E-state index contributed by atoms with van der Waals surface area (Å²) in [5, 5.41) is 0.376. The van der Waals surface area contributed by atoms with Crippen LogP contribution < -0.4 is 0 Å². The second-order valence-corrected chi connectivity index (χ2v) is 6.51. The zero-order valence-electron chi connectivity index (χ0n) is 12.6. The Morgan fingerprint density at radius 1 is 1.23 bits per heavy atom. The first-order valence-corrected chi connectivity index (χ1v) is 8.41. The number of benzene rings is 1. The molecule has 0 amide bonds. The van der Waals surface area contributed by atoms with Crippen LogP contribution in [0.3, 0.4) is 0 Å². The van der Waals surface area contributed by atoms with Crippen LogP contribution in [-0.4, -0.2) is 21.6 Å². The van der Waals surface area contributed by atoms with Gasteiger partial charge in [-0.15, -0.1) is 0 Å². The summed E-state index contributed by atoms with van der Waals surface area (Å²) in [6, 6.07) is 6.46. The summed E-state index contributed by atoms with van der Waals surface area (Å²) in [6.45, 7) is 7.22. The molecule has 1 rings (SSSR count). The fourth-order valence-electron chi connectivity index (χ4n) is 1.48. The summed E-state index contributed by atoms with van der Waals surface area (Å²) in [5.74, 6) is 0.554. The maximum Gasteiger partial charge on any atom is 0.297 e. The van der Waals surface area contributed by atoms with Crippen LogP contribution in [0.5, 0.6) is 0 Å². The molecule has 0 N–H and O–H groups in total. The zero-order valence-corrected chi connectivity index (χ0v) is 14.2. The molecule has 0 saturated heterocycles. The van der Waals surface area contributed by atoms with Crippen molar-refractivity contribution in [1.29, 1.82) is 0 Å². The number of rotatable bonds is 8. The third-order valence-corrected chi connectivity index (χ3v) is 4.07. The second-order valence-electron chi connectivity index (χ2n) is 4.41. The van der Waals surface area contributed by atoms with Crippen molar-refractivity contribution in [2.75, 3.05) is 13.2 Å². The summed E-state index contributed by atoms with van der Waals surface area (Å²) < 4.78 is 34.2. The third-order valence-electron chi connectivity index (χ3n) is 2.61. The molecule has 120 valence electrons. The Balaban J connectivity index is 2.49. The van der Waals surface area contributed by atoms with E-state index in [4.69, 9.17) is 20.5 Å². The number of aryl methyl sites for hydroxylation is 1. The van der Waals surface area contributed by atoms with Crippen molar-refractivity contribution in [3.63, 3.8) is 0 Å². The Morgan fingerprint density at radius 3 is 2.41 bits per heavy atom.